The predicted molar refractivity (Wildman–Crippen MR) is 66.5 cm³/mol. The normalized spacial score (nSPS) is 11.2. The van der Waals surface area contributed by atoms with Gasteiger partial charge in [0, 0.05) is 6.07 Å². The molecule has 0 saturated carbocycles. The highest BCUT2D eigenvalue weighted by Gasteiger charge is 2.35. The Bertz CT molecular complexity index is 688. The van der Waals surface area contributed by atoms with E-state index in [4.69, 9.17) is 16.2 Å². The minimum Gasteiger partial charge on any atom is -0.438 e. The molecule has 0 saturated heterocycles. The summed E-state index contributed by atoms with van der Waals surface area (Å²) in [5.41, 5.74) is 10.4. The van der Waals surface area contributed by atoms with Gasteiger partial charge >= 0.3 is 6.18 Å². The van der Waals surface area contributed by atoms with Crippen LogP contribution in [0, 0.1) is 0 Å². The zero-order valence-corrected chi connectivity index (χ0v) is 10.4. The number of carbonyl (C=O) groups excluding carboxylic acids is 1. The van der Waals surface area contributed by atoms with Gasteiger partial charge in [-0.3, -0.25) is 4.79 Å². The highest BCUT2D eigenvalue weighted by molar-refractivity contribution is 5.95. The molecule has 0 aliphatic carbocycles. The Morgan fingerprint density at radius 1 is 1.19 bits per heavy atom. The number of nitrogen functional groups attached to an aromatic ring is 1. The number of ether oxygens (including phenoxy) is 1. The van der Waals surface area contributed by atoms with Crippen LogP contribution in [0.3, 0.4) is 0 Å². The Morgan fingerprint density at radius 2 is 1.86 bits per heavy atom. The van der Waals surface area contributed by atoms with E-state index >= 15 is 0 Å². The SMILES string of the molecule is NC(=O)c1ccccc1Oc1cc(N)nc(C(F)(F)F)n1. The smallest absolute Gasteiger partial charge is 0.438 e. The van der Waals surface area contributed by atoms with Gasteiger partial charge in [-0.1, -0.05) is 12.1 Å². The highest BCUT2D eigenvalue weighted by atomic mass is 19.4. The third-order valence-corrected chi connectivity index (χ3v) is 2.34. The molecule has 110 valence electrons. The molecule has 4 N–H and O–H groups in total. The Labute approximate surface area is 116 Å². The summed E-state index contributed by atoms with van der Waals surface area (Å²) in [5.74, 6) is -3.11. The van der Waals surface area contributed by atoms with Gasteiger partial charge in [0.1, 0.15) is 11.6 Å². The second-order valence-corrected chi connectivity index (χ2v) is 3.91. The van der Waals surface area contributed by atoms with Crippen molar-refractivity contribution in [3.63, 3.8) is 0 Å². The van der Waals surface area contributed by atoms with Gasteiger partial charge < -0.3 is 16.2 Å². The Kier molecular flexibility index (Phi) is 3.66. The Balaban J connectivity index is 2.41. The van der Waals surface area contributed by atoms with Crippen molar-refractivity contribution in [2.45, 2.75) is 6.18 Å². The first-order valence-electron chi connectivity index (χ1n) is 5.56. The summed E-state index contributed by atoms with van der Waals surface area (Å²) >= 11 is 0. The lowest BCUT2D eigenvalue weighted by Gasteiger charge is -2.11. The zero-order chi connectivity index (χ0) is 15.6. The number of primary amides is 1. The number of aromatic nitrogens is 2. The molecule has 2 aromatic rings. The quantitative estimate of drug-likeness (QED) is 0.901. The molecule has 6 nitrogen and oxygen atoms in total. The second-order valence-electron chi connectivity index (χ2n) is 3.91. The van der Waals surface area contributed by atoms with E-state index in [0.717, 1.165) is 6.07 Å². The van der Waals surface area contributed by atoms with E-state index in [-0.39, 0.29) is 11.3 Å². The van der Waals surface area contributed by atoms with Crippen molar-refractivity contribution in [2.75, 3.05) is 5.73 Å². The largest absolute Gasteiger partial charge is 0.451 e. The summed E-state index contributed by atoms with van der Waals surface area (Å²) < 4.78 is 42.9. The molecule has 21 heavy (non-hydrogen) atoms. The van der Waals surface area contributed by atoms with Gasteiger partial charge in [-0.05, 0) is 12.1 Å². The van der Waals surface area contributed by atoms with E-state index in [1.165, 1.54) is 24.3 Å². The van der Waals surface area contributed by atoms with Crippen LogP contribution in [0.1, 0.15) is 16.2 Å². The summed E-state index contributed by atoms with van der Waals surface area (Å²) in [6.07, 6.45) is -4.77. The number of hydrogen-bond acceptors (Lipinski definition) is 5. The molecule has 0 aliphatic rings. The second kappa shape index (κ2) is 5.27. The van der Waals surface area contributed by atoms with Crippen molar-refractivity contribution in [3.05, 3.63) is 41.7 Å². The topological polar surface area (TPSA) is 104 Å². The molecule has 2 rings (SSSR count). The van der Waals surface area contributed by atoms with E-state index < -0.39 is 29.6 Å². The van der Waals surface area contributed by atoms with Crippen molar-refractivity contribution in [2.24, 2.45) is 5.73 Å². The van der Waals surface area contributed by atoms with Crippen LogP contribution in [-0.2, 0) is 6.18 Å². The predicted octanol–water partition coefficient (Wildman–Crippen LogP) is 1.97. The minimum atomic E-state index is -4.77. The van der Waals surface area contributed by atoms with Gasteiger partial charge in [-0.2, -0.15) is 18.2 Å². The van der Waals surface area contributed by atoms with Gasteiger partial charge in [-0.15, -0.1) is 0 Å². The van der Waals surface area contributed by atoms with Crippen LogP contribution >= 0.6 is 0 Å². The average Bonchev–Trinajstić information content (AvgIpc) is 2.37. The first-order chi connectivity index (χ1) is 9.77. The summed E-state index contributed by atoms with van der Waals surface area (Å²) in [6.45, 7) is 0. The first-order valence-corrected chi connectivity index (χ1v) is 5.56. The molecule has 0 fully saturated rings. The average molecular weight is 298 g/mol. The number of benzene rings is 1. The first kappa shape index (κ1) is 14.6. The lowest BCUT2D eigenvalue weighted by atomic mass is 10.2. The lowest BCUT2D eigenvalue weighted by molar-refractivity contribution is -0.145. The van der Waals surface area contributed by atoms with E-state index in [2.05, 4.69) is 9.97 Å². The minimum absolute atomic E-state index is 0.00300. The third kappa shape index (κ3) is 3.38. The maximum Gasteiger partial charge on any atom is 0.451 e. The number of hydrogen-bond donors (Lipinski definition) is 2. The van der Waals surface area contributed by atoms with Crippen LogP contribution in [0.25, 0.3) is 0 Å². The van der Waals surface area contributed by atoms with Gasteiger partial charge in [0.15, 0.2) is 0 Å². The highest BCUT2D eigenvalue weighted by Crippen LogP contribution is 2.30. The molecule has 0 aliphatic heterocycles. The van der Waals surface area contributed by atoms with Gasteiger partial charge in [-0.25, -0.2) is 4.98 Å². The number of amides is 1. The monoisotopic (exact) mass is 298 g/mol. The molecule has 1 aromatic carbocycles. The summed E-state index contributed by atoms with van der Waals surface area (Å²) in [6, 6.07) is 6.80. The van der Waals surface area contributed by atoms with E-state index in [1.807, 2.05) is 0 Å². The summed E-state index contributed by atoms with van der Waals surface area (Å²) in [4.78, 5) is 17.5. The van der Waals surface area contributed by atoms with Crippen LogP contribution < -0.4 is 16.2 Å². The Morgan fingerprint density at radius 3 is 2.48 bits per heavy atom. The fraction of sp³-hybridized carbons (Fsp3) is 0.0833. The van der Waals surface area contributed by atoms with Crippen LogP contribution in [0.2, 0.25) is 0 Å². The number of rotatable bonds is 3. The number of nitrogens with zero attached hydrogens (tertiary/aromatic N) is 2. The van der Waals surface area contributed by atoms with Crippen LogP contribution in [0.4, 0.5) is 19.0 Å². The van der Waals surface area contributed by atoms with Gasteiger partial charge in [0.25, 0.3) is 5.91 Å². The molecular formula is C12H9F3N4O2. The number of anilines is 1. The van der Waals surface area contributed by atoms with Gasteiger partial charge in [0.2, 0.25) is 11.7 Å². The van der Waals surface area contributed by atoms with Crippen molar-refractivity contribution in [3.8, 4) is 11.6 Å². The summed E-state index contributed by atoms with van der Waals surface area (Å²) in [7, 11) is 0. The van der Waals surface area contributed by atoms with Crippen LogP contribution in [0.5, 0.6) is 11.6 Å². The van der Waals surface area contributed by atoms with E-state index in [0.29, 0.717) is 0 Å². The van der Waals surface area contributed by atoms with Crippen molar-refractivity contribution in [1.82, 2.24) is 9.97 Å². The fourth-order valence-corrected chi connectivity index (χ4v) is 1.49. The number of alkyl halides is 3. The molecule has 9 heteroatoms. The summed E-state index contributed by atoms with van der Waals surface area (Å²) in [5, 5.41) is 0. The van der Waals surface area contributed by atoms with Crippen LogP contribution in [0.15, 0.2) is 30.3 Å². The fourth-order valence-electron chi connectivity index (χ4n) is 1.49. The number of nitrogens with two attached hydrogens (primary N) is 2. The van der Waals surface area contributed by atoms with Crippen molar-refractivity contribution < 1.29 is 22.7 Å². The molecule has 1 heterocycles. The maximum absolute atomic E-state index is 12.6. The molecule has 0 unspecified atom stereocenters. The van der Waals surface area contributed by atoms with Crippen molar-refractivity contribution >= 4 is 11.7 Å². The Hall–Kier alpha value is -2.84. The van der Waals surface area contributed by atoms with Crippen LogP contribution in [-0.4, -0.2) is 15.9 Å². The van der Waals surface area contributed by atoms with Gasteiger partial charge in [0.05, 0.1) is 5.56 Å². The zero-order valence-electron chi connectivity index (χ0n) is 10.4. The molecule has 0 radical (unpaired) electrons. The molecular weight excluding hydrogens is 289 g/mol. The van der Waals surface area contributed by atoms with Crippen molar-refractivity contribution in [1.29, 1.82) is 0 Å². The van der Waals surface area contributed by atoms with E-state index in [9.17, 15) is 18.0 Å². The lowest BCUT2D eigenvalue weighted by Crippen LogP contribution is -2.14. The molecule has 0 bridgehead atoms. The molecule has 1 amide bonds. The standard InChI is InChI=1S/C12H9F3N4O2/c13-12(14,15)11-18-8(16)5-9(19-11)21-7-4-2-1-3-6(7)10(17)20/h1-5H,(H2,17,20)(H2,16,18,19). The number of carbonyl (C=O) groups is 1. The number of para-hydroxylation sites is 1. The third-order valence-electron chi connectivity index (χ3n) is 2.34. The maximum atomic E-state index is 12.6. The molecule has 0 atom stereocenters. The molecule has 1 aromatic heterocycles. The van der Waals surface area contributed by atoms with E-state index in [1.54, 1.807) is 0 Å². The molecule has 0 spiro atoms. The number of halogens is 3.